The lowest BCUT2D eigenvalue weighted by atomic mass is 9.97. The number of likely N-dealkylation sites (tertiary alicyclic amines) is 1. The molecule has 36 heavy (non-hydrogen) atoms. The number of ether oxygens (including phenoxy) is 2. The predicted octanol–water partition coefficient (Wildman–Crippen LogP) is 5.44. The Morgan fingerprint density at radius 3 is 2.31 bits per heavy atom. The molecule has 4 rings (SSSR count). The van der Waals surface area contributed by atoms with E-state index in [1.54, 1.807) is 41.3 Å². The van der Waals surface area contributed by atoms with Gasteiger partial charge in [0, 0.05) is 19.3 Å². The van der Waals surface area contributed by atoms with Crippen LogP contribution in [-0.4, -0.2) is 43.0 Å². The van der Waals surface area contributed by atoms with Gasteiger partial charge >= 0.3 is 0 Å². The van der Waals surface area contributed by atoms with Crippen LogP contribution < -0.4 is 10.1 Å². The van der Waals surface area contributed by atoms with E-state index >= 15 is 0 Å². The molecule has 3 aromatic carbocycles. The Morgan fingerprint density at radius 2 is 1.64 bits per heavy atom. The van der Waals surface area contributed by atoms with E-state index < -0.39 is 6.04 Å². The number of amides is 2. The number of nitrogens with zero attached hydrogens (tertiary/aromatic N) is 1. The second-order valence-corrected chi connectivity index (χ2v) is 9.04. The first-order valence-corrected chi connectivity index (χ1v) is 12.2. The Labute approximate surface area is 211 Å². The highest BCUT2D eigenvalue weighted by Crippen LogP contribution is 2.29. The van der Waals surface area contributed by atoms with Crippen LogP contribution in [0.1, 0.15) is 24.8 Å². The van der Waals surface area contributed by atoms with E-state index in [2.05, 4.69) is 17.4 Å². The molecule has 0 radical (unpaired) electrons. The summed E-state index contributed by atoms with van der Waals surface area (Å²) in [6, 6.07) is 22.5. The van der Waals surface area contributed by atoms with Crippen molar-refractivity contribution >= 4 is 17.5 Å². The molecule has 0 bridgehead atoms. The molecule has 0 aliphatic carbocycles. The lowest BCUT2D eigenvalue weighted by molar-refractivity contribution is -0.139. The fourth-order valence-corrected chi connectivity index (χ4v) is 4.57. The highest BCUT2D eigenvalue weighted by atomic mass is 19.1. The summed E-state index contributed by atoms with van der Waals surface area (Å²) in [5.74, 6) is 0.629. The number of hydrogen-bond acceptors (Lipinski definition) is 4. The molecule has 1 fully saturated rings. The van der Waals surface area contributed by atoms with E-state index in [4.69, 9.17) is 9.47 Å². The molecule has 1 N–H and O–H groups in total. The highest BCUT2D eigenvalue weighted by Gasteiger charge is 2.39. The maximum absolute atomic E-state index is 13.2. The number of rotatable bonds is 10. The van der Waals surface area contributed by atoms with Crippen molar-refractivity contribution in [3.8, 4) is 11.5 Å². The van der Waals surface area contributed by atoms with Crippen molar-refractivity contribution in [2.75, 3.05) is 25.6 Å². The Bertz CT molecular complexity index is 1140. The number of hydrogen-bond donors (Lipinski definition) is 1. The number of aryl methyl sites for hydroxylation is 1. The molecular weight excluding hydrogens is 459 g/mol. The van der Waals surface area contributed by atoms with Crippen molar-refractivity contribution in [2.45, 2.75) is 31.7 Å². The van der Waals surface area contributed by atoms with E-state index in [1.165, 1.54) is 24.8 Å². The molecule has 2 amide bonds. The third kappa shape index (κ3) is 6.92. The number of benzene rings is 3. The third-order valence-electron chi connectivity index (χ3n) is 6.37. The van der Waals surface area contributed by atoms with E-state index in [9.17, 15) is 14.0 Å². The second-order valence-electron chi connectivity index (χ2n) is 9.04. The summed E-state index contributed by atoms with van der Waals surface area (Å²) in [4.78, 5) is 27.5. The van der Waals surface area contributed by atoms with Crippen LogP contribution in [0, 0.1) is 11.7 Å². The maximum atomic E-state index is 13.2. The van der Waals surface area contributed by atoms with Gasteiger partial charge in [-0.3, -0.25) is 9.59 Å². The van der Waals surface area contributed by atoms with Gasteiger partial charge in [0.2, 0.25) is 11.8 Å². The van der Waals surface area contributed by atoms with Gasteiger partial charge in [0.15, 0.2) is 0 Å². The number of nitrogens with one attached hydrogen (secondary N) is 1. The molecule has 2 unspecified atom stereocenters. The number of carbonyl (C=O) groups excluding carboxylic acids is 2. The fraction of sp³-hybridized carbons (Fsp3) is 0.310. The van der Waals surface area contributed by atoms with Gasteiger partial charge in [0.1, 0.15) is 30.0 Å². The molecule has 0 aromatic heterocycles. The second kappa shape index (κ2) is 12.3. The minimum atomic E-state index is -0.537. The van der Waals surface area contributed by atoms with Crippen LogP contribution in [0.3, 0.4) is 0 Å². The zero-order chi connectivity index (χ0) is 25.3. The largest absolute Gasteiger partial charge is 0.457 e. The van der Waals surface area contributed by atoms with Crippen LogP contribution in [0.5, 0.6) is 11.5 Å². The van der Waals surface area contributed by atoms with Crippen molar-refractivity contribution in [3.63, 3.8) is 0 Å². The monoisotopic (exact) mass is 490 g/mol. The van der Waals surface area contributed by atoms with Gasteiger partial charge in [-0.05, 0) is 85.7 Å². The van der Waals surface area contributed by atoms with Crippen molar-refractivity contribution in [3.05, 3.63) is 90.2 Å². The SMILES string of the molecule is COCC(=O)N1CC(CCCc2ccccc2)CC1C(=O)Nc1ccc(Oc2ccc(F)cc2)cc1. The Kier molecular flexibility index (Phi) is 8.68. The normalized spacial score (nSPS) is 17.1. The summed E-state index contributed by atoms with van der Waals surface area (Å²) in [6.07, 6.45) is 3.56. The molecule has 1 aliphatic heterocycles. The van der Waals surface area contributed by atoms with Gasteiger partial charge in [-0.25, -0.2) is 4.39 Å². The third-order valence-corrected chi connectivity index (χ3v) is 6.37. The number of halogens is 1. The summed E-state index contributed by atoms with van der Waals surface area (Å²) in [6.45, 7) is 0.509. The summed E-state index contributed by atoms with van der Waals surface area (Å²) in [5.41, 5.74) is 1.90. The molecule has 3 aromatic rings. The lowest BCUT2D eigenvalue weighted by Crippen LogP contribution is -2.44. The van der Waals surface area contributed by atoms with E-state index in [1.807, 2.05) is 18.2 Å². The van der Waals surface area contributed by atoms with Crippen molar-refractivity contribution in [1.82, 2.24) is 4.90 Å². The number of carbonyl (C=O) groups is 2. The first-order valence-electron chi connectivity index (χ1n) is 12.2. The van der Waals surface area contributed by atoms with Crippen LogP contribution in [0.25, 0.3) is 0 Å². The minimum absolute atomic E-state index is 0.0457. The van der Waals surface area contributed by atoms with Crippen molar-refractivity contribution in [2.24, 2.45) is 5.92 Å². The van der Waals surface area contributed by atoms with Gasteiger partial charge in [0.25, 0.3) is 0 Å². The summed E-state index contributed by atoms with van der Waals surface area (Å²) in [7, 11) is 1.48. The van der Waals surface area contributed by atoms with Gasteiger partial charge in [0.05, 0.1) is 0 Å². The van der Waals surface area contributed by atoms with Gasteiger partial charge in [-0.1, -0.05) is 30.3 Å². The molecule has 1 aliphatic rings. The highest BCUT2D eigenvalue weighted by molar-refractivity contribution is 5.97. The van der Waals surface area contributed by atoms with Crippen molar-refractivity contribution in [1.29, 1.82) is 0 Å². The molecule has 188 valence electrons. The molecular formula is C29H31FN2O4. The fourth-order valence-electron chi connectivity index (χ4n) is 4.57. The molecule has 6 nitrogen and oxygen atoms in total. The quantitative estimate of drug-likeness (QED) is 0.411. The van der Waals surface area contributed by atoms with Gasteiger partial charge < -0.3 is 19.7 Å². The van der Waals surface area contributed by atoms with Crippen LogP contribution in [-0.2, 0) is 20.7 Å². The average Bonchev–Trinajstić information content (AvgIpc) is 3.32. The van der Waals surface area contributed by atoms with Crippen LogP contribution in [0.15, 0.2) is 78.9 Å². The first-order chi connectivity index (χ1) is 17.5. The van der Waals surface area contributed by atoms with Gasteiger partial charge in [-0.2, -0.15) is 0 Å². The number of anilines is 1. The molecule has 7 heteroatoms. The van der Waals surface area contributed by atoms with E-state index in [0.29, 0.717) is 30.2 Å². The summed E-state index contributed by atoms with van der Waals surface area (Å²) < 4.78 is 23.8. The van der Waals surface area contributed by atoms with Gasteiger partial charge in [-0.15, -0.1) is 0 Å². The Hall–Kier alpha value is -3.71. The molecule has 2 atom stereocenters. The van der Waals surface area contributed by atoms with Crippen LogP contribution >= 0.6 is 0 Å². The predicted molar refractivity (Wildman–Crippen MR) is 136 cm³/mol. The zero-order valence-corrected chi connectivity index (χ0v) is 20.4. The zero-order valence-electron chi connectivity index (χ0n) is 20.4. The summed E-state index contributed by atoms with van der Waals surface area (Å²) in [5, 5.41) is 2.93. The van der Waals surface area contributed by atoms with Crippen molar-refractivity contribution < 1.29 is 23.5 Å². The number of methoxy groups -OCH3 is 1. The first kappa shape index (κ1) is 25.4. The minimum Gasteiger partial charge on any atom is -0.457 e. The maximum Gasteiger partial charge on any atom is 0.249 e. The lowest BCUT2D eigenvalue weighted by Gasteiger charge is -2.23. The molecule has 1 heterocycles. The van der Waals surface area contributed by atoms with E-state index in [-0.39, 0.29) is 30.2 Å². The molecule has 1 saturated heterocycles. The standard InChI is InChI=1S/C29H31FN2O4/c1-35-20-28(33)32-19-22(9-5-8-21-6-3-2-4-7-21)18-27(32)29(34)31-24-12-16-26(17-13-24)36-25-14-10-23(30)11-15-25/h2-4,6-7,10-17,22,27H,5,8-9,18-20H2,1H3,(H,31,34). The molecule has 0 saturated carbocycles. The molecule has 0 spiro atoms. The van der Waals surface area contributed by atoms with E-state index in [0.717, 1.165) is 19.3 Å². The Morgan fingerprint density at radius 1 is 0.972 bits per heavy atom. The average molecular weight is 491 g/mol. The summed E-state index contributed by atoms with van der Waals surface area (Å²) >= 11 is 0. The van der Waals surface area contributed by atoms with Crippen LogP contribution in [0.4, 0.5) is 10.1 Å². The smallest absolute Gasteiger partial charge is 0.249 e. The Balaban J connectivity index is 1.34. The van der Waals surface area contributed by atoms with Crippen LogP contribution in [0.2, 0.25) is 0 Å². The topological polar surface area (TPSA) is 67.9 Å².